The quantitative estimate of drug-likeness (QED) is 0.751. The number of H-pyrrole nitrogens is 1. The van der Waals surface area contributed by atoms with Crippen LogP contribution in [0.2, 0.25) is 0 Å². The topological polar surface area (TPSA) is 57.3 Å². The fourth-order valence-electron chi connectivity index (χ4n) is 2.37. The van der Waals surface area contributed by atoms with Crippen molar-refractivity contribution >= 4 is 15.7 Å². The van der Waals surface area contributed by atoms with Crippen LogP contribution in [0.5, 0.6) is 0 Å². The Kier molecular flexibility index (Phi) is 3.50. The fourth-order valence-corrected chi connectivity index (χ4v) is 3.27. The van der Waals surface area contributed by atoms with Gasteiger partial charge >= 0.3 is 0 Å². The second-order valence-electron chi connectivity index (χ2n) is 5.43. The number of hydrogen-bond acceptors (Lipinski definition) is 2. The third kappa shape index (κ3) is 2.40. The van der Waals surface area contributed by atoms with Gasteiger partial charge in [-0.15, -0.1) is 0 Å². The summed E-state index contributed by atoms with van der Waals surface area (Å²) in [5.74, 6) is 0. The number of nitrogens with one attached hydrogen (secondary N) is 1. The lowest BCUT2D eigenvalue weighted by Crippen LogP contribution is -2.22. The van der Waals surface area contributed by atoms with Crippen molar-refractivity contribution in [3.63, 3.8) is 0 Å². The van der Waals surface area contributed by atoms with Crippen LogP contribution in [0, 0.1) is 6.92 Å². The summed E-state index contributed by atoms with van der Waals surface area (Å²) >= 11 is 0. The normalized spacial score (nSPS) is 12.2. The molecule has 0 bridgehead atoms. The number of sulfonamides is 1. The number of imidazole rings is 1. The minimum absolute atomic E-state index is 0.293. The zero-order valence-corrected chi connectivity index (χ0v) is 13.6. The smallest absolute Gasteiger partial charge is 0.236 e. The van der Waals surface area contributed by atoms with Crippen LogP contribution in [0.3, 0.4) is 0 Å². The Balaban J connectivity index is 2.04. The maximum absolute atomic E-state index is 12.1. The van der Waals surface area contributed by atoms with Gasteiger partial charge < -0.3 is 0 Å². The van der Waals surface area contributed by atoms with E-state index >= 15 is 0 Å². The van der Waals surface area contributed by atoms with E-state index in [4.69, 9.17) is 0 Å². The number of nitrogens with zero attached hydrogens (tertiary/aromatic N) is 2. The minimum atomic E-state index is -3.39. The van der Waals surface area contributed by atoms with Gasteiger partial charge in [0.1, 0.15) is 6.20 Å². The van der Waals surface area contributed by atoms with E-state index in [0.29, 0.717) is 4.90 Å². The first-order valence-corrected chi connectivity index (χ1v) is 8.36. The van der Waals surface area contributed by atoms with E-state index < -0.39 is 10.0 Å². The molecule has 0 radical (unpaired) electrons. The first-order valence-electron chi connectivity index (χ1n) is 6.92. The molecule has 114 valence electrons. The van der Waals surface area contributed by atoms with Gasteiger partial charge in [-0.2, -0.15) is 0 Å². The highest BCUT2D eigenvalue weighted by molar-refractivity contribution is 7.89. The van der Waals surface area contributed by atoms with Gasteiger partial charge in [-0.3, -0.25) is 0 Å². The molecular weight excluding hydrogens is 298 g/mol. The van der Waals surface area contributed by atoms with Gasteiger partial charge in [0.15, 0.2) is 5.69 Å². The van der Waals surface area contributed by atoms with Gasteiger partial charge in [0, 0.05) is 25.2 Å². The molecule has 1 aromatic carbocycles. The zero-order valence-electron chi connectivity index (χ0n) is 12.7. The summed E-state index contributed by atoms with van der Waals surface area (Å²) in [7, 11) is -0.333. The van der Waals surface area contributed by atoms with Crippen molar-refractivity contribution in [2.24, 2.45) is 0 Å². The summed E-state index contributed by atoms with van der Waals surface area (Å²) in [6.07, 6.45) is 3.98. The molecule has 3 rings (SSSR count). The molecule has 2 aromatic heterocycles. The number of pyridine rings is 1. The molecule has 0 fully saturated rings. The van der Waals surface area contributed by atoms with Crippen molar-refractivity contribution in [1.29, 1.82) is 0 Å². The summed E-state index contributed by atoms with van der Waals surface area (Å²) in [5.41, 5.74) is 4.08. The van der Waals surface area contributed by atoms with Gasteiger partial charge in [0.25, 0.3) is 5.65 Å². The molecule has 0 unspecified atom stereocenters. The molecule has 3 aromatic rings. The Bertz CT molecular complexity index is 926. The van der Waals surface area contributed by atoms with Crippen LogP contribution in [0.25, 0.3) is 16.9 Å². The summed E-state index contributed by atoms with van der Waals surface area (Å²) in [6, 6.07) is 10.9. The maximum atomic E-state index is 12.1. The van der Waals surface area contributed by atoms with Crippen molar-refractivity contribution < 1.29 is 12.8 Å². The van der Waals surface area contributed by atoms with E-state index in [1.165, 1.54) is 18.4 Å². The molecule has 5 nitrogen and oxygen atoms in total. The molecule has 0 saturated carbocycles. The summed E-state index contributed by atoms with van der Waals surface area (Å²) in [5, 5.41) is 0. The Morgan fingerprint density at radius 3 is 2.36 bits per heavy atom. The van der Waals surface area contributed by atoms with Crippen molar-refractivity contribution in [2.75, 3.05) is 14.1 Å². The fraction of sp³-hybridized carbons (Fsp3) is 0.188. The van der Waals surface area contributed by atoms with E-state index in [1.807, 2.05) is 48.0 Å². The lowest BCUT2D eigenvalue weighted by molar-refractivity contribution is -0.509. The first kappa shape index (κ1) is 14.7. The molecular formula is C16H18N3O2S+. The number of hydrogen-bond donors (Lipinski definition) is 1. The van der Waals surface area contributed by atoms with E-state index in [-0.39, 0.29) is 0 Å². The molecule has 0 aliphatic rings. The third-order valence-corrected chi connectivity index (χ3v) is 5.52. The number of rotatable bonds is 3. The predicted molar refractivity (Wildman–Crippen MR) is 85.0 cm³/mol. The Morgan fingerprint density at radius 2 is 1.77 bits per heavy atom. The second-order valence-corrected chi connectivity index (χ2v) is 7.58. The average molecular weight is 316 g/mol. The maximum Gasteiger partial charge on any atom is 0.287 e. The van der Waals surface area contributed by atoms with Crippen LogP contribution in [-0.4, -0.2) is 31.8 Å². The number of benzene rings is 1. The van der Waals surface area contributed by atoms with Crippen LogP contribution >= 0.6 is 0 Å². The standard InChI is InChI=1S/C16H17N3O2S/c1-12-5-4-10-19-11-15(17-16(12)19)13-6-8-14(9-7-13)22(20,21)18(2)3/h4-11H,1-3H3/p+1. The highest BCUT2D eigenvalue weighted by Crippen LogP contribution is 2.21. The lowest BCUT2D eigenvalue weighted by Gasteiger charge is -2.11. The summed E-state index contributed by atoms with van der Waals surface area (Å²) < 4.78 is 27.4. The number of aryl methyl sites for hydroxylation is 1. The molecule has 2 heterocycles. The molecule has 6 heteroatoms. The molecule has 0 amide bonds. The largest absolute Gasteiger partial charge is 0.287 e. The number of aromatic amines is 1. The Hall–Kier alpha value is -2.18. The molecule has 0 spiro atoms. The van der Waals surface area contributed by atoms with Crippen LogP contribution < -0.4 is 4.40 Å². The van der Waals surface area contributed by atoms with E-state index in [2.05, 4.69) is 4.98 Å². The lowest BCUT2D eigenvalue weighted by atomic mass is 10.2. The third-order valence-electron chi connectivity index (χ3n) is 3.69. The highest BCUT2D eigenvalue weighted by atomic mass is 32.2. The van der Waals surface area contributed by atoms with Gasteiger partial charge in [0.2, 0.25) is 10.0 Å². The van der Waals surface area contributed by atoms with Crippen molar-refractivity contribution in [2.45, 2.75) is 11.8 Å². The first-order chi connectivity index (χ1) is 10.4. The Morgan fingerprint density at radius 1 is 1.09 bits per heavy atom. The second kappa shape index (κ2) is 5.23. The van der Waals surface area contributed by atoms with Crippen LogP contribution in [0.4, 0.5) is 0 Å². The van der Waals surface area contributed by atoms with E-state index in [9.17, 15) is 8.42 Å². The monoisotopic (exact) mass is 316 g/mol. The van der Waals surface area contributed by atoms with Crippen LogP contribution in [0.1, 0.15) is 5.56 Å². The molecule has 1 N–H and O–H groups in total. The molecule has 0 aliphatic heterocycles. The van der Waals surface area contributed by atoms with Crippen molar-refractivity contribution in [1.82, 2.24) is 9.29 Å². The highest BCUT2D eigenvalue weighted by Gasteiger charge is 2.18. The summed E-state index contributed by atoms with van der Waals surface area (Å²) in [6.45, 7) is 2.04. The molecule has 0 atom stereocenters. The minimum Gasteiger partial charge on any atom is -0.236 e. The van der Waals surface area contributed by atoms with Gasteiger partial charge in [-0.05, 0) is 43.3 Å². The average Bonchev–Trinajstić information content (AvgIpc) is 2.93. The van der Waals surface area contributed by atoms with Crippen molar-refractivity contribution in [3.05, 3.63) is 54.4 Å². The number of aromatic nitrogens is 2. The van der Waals surface area contributed by atoms with Crippen LogP contribution in [-0.2, 0) is 10.0 Å². The van der Waals surface area contributed by atoms with E-state index in [0.717, 1.165) is 22.5 Å². The van der Waals surface area contributed by atoms with Gasteiger partial charge in [-0.25, -0.2) is 22.1 Å². The zero-order chi connectivity index (χ0) is 15.9. The molecule has 0 saturated heterocycles. The van der Waals surface area contributed by atoms with Gasteiger partial charge in [-0.1, -0.05) is 0 Å². The van der Waals surface area contributed by atoms with Gasteiger partial charge in [0.05, 0.1) is 11.1 Å². The molecule has 22 heavy (non-hydrogen) atoms. The van der Waals surface area contributed by atoms with E-state index in [1.54, 1.807) is 12.1 Å². The Labute approximate surface area is 129 Å². The van der Waals surface area contributed by atoms with Crippen LogP contribution in [0.15, 0.2) is 53.7 Å². The SMILES string of the molecule is Cc1ccc[n+]2cc(-c3ccc(S(=O)(=O)N(C)C)cc3)[nH]c12. The van der Waals surface area contributed by atoms with Crippen molar-refractivity contribution in [3.8, 4) is 11.3 Å². The number of fused-ring (bicyclic) bond motifs is 1. The summed E-state index contributed by atoms with van der Waals surface area (Å²) in [4.78, 5) is 3.66. The molecule has 0 aliphatic carbocycles. The predicted octanol–water partition coefficient (Wildman–Crippen LogP) is 1.98.